The fourth-order valence-electron chi connectivity index (χ4n) is 2.95. The van der Waals surface area contributed by atoms with Gasteiger partial charge in [-0.15, -0.1) is 0 Å². The van der Waals surface area contributed by atoms with E-state index in [4.69, 9.17) is 16.7 Å². The summed E-state index contributed by atoms with van der Waals surface area (Å²) in [6.45, 7) is 2.92. The lowest BCUT2D eigenvalue weighted by atomic mass is 10.1. The smallest absolute Gasteiger partial charge is 0.133 e. The minimum atomic E-state index is -0.341. The molecule has 0 atom stereocenters. The van der Waals surface area contributed by atoms with Gasteiger partial charge in [-0.05, 0) is 43.7 Å². The molecule has 2 aromatic carbocycles. The van der Waals surface area contributed by atoms with Crippen molar-refractivity contribution in [3.05, 3.63) is 64.4 Å². The number of aromatic nitrogens is 2. The molecule has 1 aliphatic rings. The predicted octanol–water partition coefficient (Wildman–Crippen LogP) is 4.61. The minimum Gasteiger partial charge on any atom is -0.369 e. The number of nitrogens with zero attached hydrogens (tertiary/aromatic N) is 2. The molecule has 3 nitrogen and oxygen atoms in total. The Labute approximate surface area is 138 Å². The Bertz CT molecular complexity index is 884. The van der Waals surface area contributed by atoms with Crippen LogP contribution >= 0.6 is 11.6 Å². The summed E-state index contributed by atoms with van der Waals surface area (Å²) in [6.07, 6.45) is 0.879. The summed E-state index contributed by atoms with van der Waals surface area (Å²) in [5.41, 5.74) is 4.89. The first-order chi connectivity index (χ1) is 11.1. The molecule has 116 valence electrons. The number of fused-ring (bicyclic) bond motifs is 1. The maximum atomic E-state index is 13.3. The van der Waals surface area contributed by atoms with Gasteiger partial charge < -0.3 is 5.32 Å². The summed E-state index contributed by atoms with van der Waals surface area (Å²) >= 11 is 6.23. The van der Waals surface area contributed by atoms with Gasteiger partial charge in [-0.1, -0.05) is 29.3 Å². The molecule has 2 heterocycles. The van der Waals surface area contributed by atoms with E-state index in [9.17, 15) is 4.39 Å². The molecule has 1 aliphatic heterocycles. The summed E-state index contributed by atoms with van der Waals surface area (Å²) in [5.74, 6) is 0.649. The van der Waals surface area contributed by atoms with E-state index >= 15 is 0 Å². The van der Waals surface area contributed by atoms with E-state index in [1.165, 1.54) is 17.7 Å². The molecule has 0 unspecified atom stereocenters. The van der Waals surface area contributed by atoms with Crippen LogP contribution in [0.4, 0.5) is 10.2 Å². The van der Waals surface area contributed by atoms with Crippen molar-refractivity contribution in [3.8, 4) is 16.9 Å². The van der Waals surface area contributed by atoms with Gasteiger partial charge in [0, 0.05) is 17.7 Å². The molecule has 23 heavy (non-hydrogen) atoms. The number of aryl methyl sites for hydroxylation is 1. The summed E-state index contributed by atoms with van der Waals surface area (Å²) < 4.78 is 15.2. The number of rotatable bonds is 2. The Balaban J connectivity index is 1.89. The number of hydrogen-bond donors (Lipinski definition) is 1. The molecule has 5 heteroatoms. The summed E-state index contributed by atoms with van der Waals surface area (Å²) in [4.78, 5) is 0. The van der Waals surface area contributed by atoms with Crippen molar-refractivity contribution in [1.29, 1.82) is 0 Å². The minimum absolute atomic E-state index is 0.341. The monoisotopic (exact) mass is 327 g/mol. The fraction of sp³-hybridized carbons (Fsp3) is 0.167. The number of hydrogen-bond acceptors (Lipinski definition) is 2. The lowest BCUT2D eigenvalue weighted by Crippen LogP contribution is -2.04. The second-order valence-electron chi connectivity index (χ2n) is 5.72. The normalized spacial score (nSPS) is 13.0. The second-order valence-corrected chi connectivity index (χ2v) is 6.13. The van der Waals surface area contributed by atoms with Crippen molar-refractivity contribution in [2.45, 2.75) is 13.3 Å². The number of benzene rings is 2. The van der Waals surface area contributed by atoms with E-state index in [1.54, 1.807) is 6.07 Å². The van der Waals surface area contributed by atoms with Gasteiger partial charge in [-0.3, -0.25) is 0 Å². The van der Waals surface area contributed by atoms with E-state index in [1.807, 2.05) is 16.8 Å². The van der Waals surface area contributed by atoms with Crippen LogP contribution in [0, 0.1) is 12.7 Å². The van der Waals surface area contributed by atoms with E-state index in [0.29, 0.717) is 5.02 Å². The van der Waals surface area contributed by atoms with Crippen LogP contribution in [0.15, 0.2) is 42.5 Å². The molecular formula is C18H15ClFN3. The van der Waals surface area contributed by atoms with Gasteiger partial charge in [0.25, 0.3) is 0 Å². The van der Waals surface area contributed by atoms with Crippen LogP contribution in [-0.2, 0) is 6.42 Å². The van der Waals surface area contributed by atoms with E-state index in [-0.39, 0.29) is 5.82 Å². The van der Waals surface area contributed by atoms with Gasteiger partial charge in [-0.2, -0.15) is 5.10 Å². The first kappa shape index (κ1) is 14.3. The zero-order valence-electron chi connectivity index (χ0n) is 12.6. The molecule has 0 aliphatic carbocycles. The maximum absolute atomic E-state index is 13.3. The summed E-state index contributed by atoms with van der Waals surface area (Å²) in [5, 5.41) is 8.51. The van der Waals surface area contributed by atoms with Gasteiger partial charge in [0.1, 0.15) is 11.6 Å². The van der Waals surface area contributed by atoms with Crippen molar-refractivity contribution in [2.75, 3.05) is 11.9 Å². The molecule has 0 spiro atoms. The lowest BCUT2D eigenvalue weighted by molar-refractivity contribution is 0.628. The zero-order valence-corrected chi connectivity index (χ0v) is 13.4. The molecule has 3 aromatic rings. The van der Waals surface area contributed by atoms with Crippen molar-refractivity contribution in [1.82, 2.24) is 9.78 Å². The third-order valence-electron chi connectivity index (χ3n) is 4.12. The van der Waals surface area contributed by atoms with Crippen LogP contribution < -0.4 is 5.32 Å². The van der Waals surface area contributed by atoms with Crippen molar-refractivity contribution in [3.63, 3.8) is 0 Å². The van der Waals surface area contributed by atoms with Crippen LogP contribution in [0.1, 0.15) is 11.1 Å². The van der Waals surface area contributed by atoms with Gasteiger partial charge >= 0.3 is 0 Å². The Morgan fingerprint density at radius 2 is 1.96 bits per heavy atom. The van der Waals surface area contributed by atoms with Crippen LogP contribution in [0.2, 0.25) is 5.02 Å². The molecule has 0 saturated heterocycles. The third kappa shape index (κ3) is 2.39. The summed E-state index contributed by atoms with van der Waals surface area (Å²) in [6, 6.07) is 12.6. The molecule has 4 rings (SSSR count). The molecule has 1 N–H and O–H groups in total. The standard InChI is InChI=1S/C18H15ClFN3/c1-11-2-5-13(6-3-11)23-18-15(8-9-21-18)17(22-23)14-7-4-12(20)10-16(14)19/h2-7,10,21H,8-9H2,1H3. The number of halogens is 2. The molecular weight excluding hydrogens is 313 g/mol. The third-order valence-corrected chi connectivity index (χ3v) is 4.43. The maximum Gasteiger partial charge on any atom is 0.133 e. The SMILES string of the molecule is Cc1ccc(-n2nc(-c3ccc(F)cc3Cl)c3c2NCC3)cc1. The highest BCUT2D eigenvalue weighted by molar-refractivity contribution is 6.33. The first-order valence-corrected chi connectivity index (χ1v) is 7.89. The fourth-order valence-corrected chi connectivity index (χ4v) is 3.20. The molecule has 0 radical (unpaired) electrons. The highest BCUT2D eigenvalue weighted by Gasteiger charge is 2.25. The van der Waals surface area contributed by atoms with Crippen LogP contribution in [0.25, 0.3) is 16.9 Å². The largest absolute Gasteiger partial charge is 0.369 e. The van der Waals surface area contributed by atoms with Gasteiger partial charge in [0.15, 0.2) is 0 Å². The molecule has 0 fully saturated rings. The Morgan fingerprint density at radius 1 is 1.17 bits per heavy atom. The van der Waals surface area contributed by atoms with Crippen molar-refractivity contribution >= 4 is 17.4 Å². The van der Waals surface area contributed by atoms with Crippen molar-refractivity contribution in [2.24, 2.45) is 0 Å². The summed E-state index contributed by atoms with van der Waals surface area (Å²) in [7, 11) is 0. The van der Waals surface area contributed by atoms with Gasteiger partial charge in [-0.25, -0.2) is 9.07 Å². The second kappa shape index (κ2) is 5.39. The molecule has 0 amide bonds. The topological polar surface area (TPSA) is 29.9 Å². The van der Waals surface area contributed by atoms with Gasteiger partial charge in [0.2, 0.25) is 0 Å². The average Bonchev–Trinajstić information content (AvgIpc) is 3.11. The van der Waals surface area contributed by atoms with Gasteiger partial charge in [0.05, 0.1) is 16.4 Å². The molecule has 0 saturated carbocycles. The Morgan fingerprint density at radius 3 is 2.70 bits per heavy atom. The number of nitrogens with one attached hydrogen (secondary N) is 1. The lowest BCUT2D eigenvalue weighted by Gasteiger charge is -2.07. The van der Waals surface area contributed by atoms with E-state index in [2.05, 4.69) is 24.4 Å². The molecule has 1 aromatic heterocycles. The zero-order chi connectivity index (χ0) is 16.0. The van der Waals surface area contributed by atoms with E-state index in [0.717, 1.165) is 41.3 Å². The Kier molecular flexibility index (Phi) is 3.34. The Hall–Kier alpha value is -2.33. The first-order valence-electron chi connectivity index (χ1n) is 7.52. The average molecular weight is 328 g/mol. The predicted molar refractivity (Wildman–Crippen MR) is 90.9 cm³/mol. The number of anilines is 1. The van der Waals surface area contributed by atoms with Crippen molar-refractivity contribution < 1.29 is 4.39 Å². The quantitative estimate of drug-likeness (QED) is 0.745. The van der Waals surface area contributed by atoms with E-state index < -0.39 is 0 Å². The van der Waals surface area contributed by atoms with Crippen LogP contribution in [0.3, 0.4) is 0 Å². The van der Waals surface area contributed by atoms with Crippen LogP contribution in [-0.4, -0.2) is 16.3 Å². The highest BCUT2D eigenvalue weighted by atomic mass is 35.5. The molecule has 0 bridgehead atoms. The highest BCUT2D eigenvalue weighted by Crippen LogP contribution is 2.37. The van der Waals surface area contributed by atoms with Crippen LogP contribution in [0.5, 0.6) is 0 Å².